The van der Waals surface area contributed by atoms with E-state index in [1.54, 1.807) is 0 Å². The van der Waals surface area contributed by atoms with Gasteiger partial charge in [-0.1, -0.05) is 74.5 Å². The number of phenolic OH excluding ortho intramolecular Hbond substituents is 2. The molecule has 3 rings (SSSR count). The van der Waals surface area contributed by atoms with Crippen LogP contribution < -0.4 is 0 Å². The van der Waals surface area contributed by atoms with Crippen molar-refractivity contribution in [2.45, 2.75) is 25.7 Å². The molecule has 2 N–H and O–H groups in total. The second-order valence-corrected chi connectivity index (χ2v) is 6.23. The molecular formula is C22H22O2. The molecule has 2 nitrogen and oxygen atoms in total. The number of rotatable bonds is 4. The van der Waals surface area contributed by atoms with Gasteiger partial charge >= 0.3 is 0 Å². The average molecular weight is 318 g/mol. The minimum Gasteiger partial charge on any atom is -0.508 e. The van der Waals surface area contributed by atoms with Crippen molar-refractivity contribution < 1.29 is 10.2 Å². The Bertz CT molecular complexity index is 743. The minimum absolute atomic E-state index is 0.0496. The molecule has 2 unspecified atom stereocenters. The van der Waals surface area contributed by atoms with E-state index in [4.69, 9.17) is 0 Å². The predicted octanol–water partition coefficient (Wildman–Crippen LogP) is 5.40. The molecule has 0 aliphatic carbocycles. The number of phenols is 2. The van der Waals surface area contributed by atoms with Crippen LogP contribution in [0.4, 0.5) is 0 Å². The summed E-state index contributed by atoms with van der Waals surface area (Å²) < 4.78 is 0. The smallest absolute Gasteiger partial charge is 0.123 e. The topological polar surface area (TPSA) is 40.5 Å². The van der Waals surface area contributed by atoms with Crippen molar-refractivity contribution in [2.24, 2.45) is 0 Å². The highest BCUT2D eigenvalue weighted by molar-refractivity contribution is 5.52. The maximum atomic E-state index is 10.3. The largest absolute Gasteiger partial charge is 0.508 e. The first-order valence-electron chi connectivity index (χ1n) is 8.23. The summed E-state index contributed by atoms with van der Waals surface area (Å²) in [4.78, 5) is 0. The third-order valence-corrected chi connectivity index (χ3v) is 4.71. The van der Waals surface area contributed by atoms with Gasteiger partial charge in [0.1, 0.15) is 11.5 Å². The highest BCUT2D eigenvalue weighted by Gasteiger charge is 2.19. The van der Waals surface area contributed by atoms with Crippen molar-refractivity contribution in [1.29, 1.82) is 0 Å². The van der Waals surface area contributed by atoms with Gasteiger partial charge in [0, 0.05) is 29.0 Å². The van der Waals surface area contributed by atoms with Crippen LogP contribution in [-0.2, 0) is 0 Å². The normalized spacial score (nSPS) is 13.4. The Morgan fingerprint density at radius 1 is 0.583 bits per heavy atom. The summed E-state index contributed by atoms with van der Waals surface area (Å²) in [5.41, 5.74) is 3.93. The van der Waals surface area contributed by atoms with E-state index in [2.05, 4.69) is 38.1 Å². The van der Waals surface area contributed by atoms with E-state index in [0.717, 1.165) is 22.3 Å². The fourth-order valence-electron chi connectivity index (χ4n) is 3.15. The average Bonchev–Trinajstić information content (AvgIpc) is 2.62. The second-order valence-electron chi connectivity index (χ2n) is 6.23. The Morgan fingerprint density at radius 2 is 0.958 bits per heavy atom. The molecule has 122 valence electrons. The van der Waals surface area contributed by atoms with Crippen molar-refractivity contribution in [3.05, 3.63) is 95.1 Å². The summed E-state index contributed by atoms with van der Waals surface area (Å²) in [5.74, 6) is 0.364. The zero-order valence-corrected chi connectivity index (χ0v) is 14.0. The lowest BCUT2D eigenvalue weighted by Gasteiger charge is -2.20. The summed E-state index contributed by atoms with van der Waals surface area (Å²) >= 11 is 0. The molecule has 0 aliphatic rings. The zero-order valence-electron chi connectivity index (χ0n) is 14.0. The van der Waals surface area contributed by atoms with Gasteiger partial charge in [-0.3, -0.25) is 0 Å². The van der Waals surface area contributed by atoms with Gasteiger partial charge in [-0.25, -0.2) is 0 Å². The number of hydrogen-bond acceptors (Lipinski definition) is 2. The monoisotopic (exact) mass is 318 g/mol. The van der Waals surface area contributed by atoms with Crippen molar-refractivity contribution in [3.63, 3.8) is 0 Å². The highest BCUT2D eigenvalue weighted by atomic mass is 16.3. The lowest BCUT2D eigenvalue weighted by atomic mass is 9.86. The molecule has 3 aromatic rings. The van der Waals surface area contributed by atoms with E-state index < -0.39 is 0 Å². The van der Waals surface area contributed by atoms with E-state index in [-0.39, 0.29) is 23.3 Å². The molecule has 0 saturated carbocycles. The molecule has 0 bridgehead atoms. The molecule has 0 aliphatic heterocycles. The SMILES string of the molecule is CC(c1ccccc1)c1cc(C(C)c2ccccc2)c(O)cc1O. The van der Waals surface area contributed by atoms with Gasteiger partial charge in [-0.2, -0.15) is 0 Å². The van der Waals surface area contributed by atoms with Crippen LogP contribution in [-0.4, -0.2) is 10.2 Å². The van der Waals surface area contributed by atoms with Gasteiger partial charge < -0.3 is 10.2 Å². The van der Waals surface area contributed by atoms with E-state index in [0.29, 0.717) is 0 Å². The van der Waals surface area contributed by atoms with E-state index >= 15 is 0 Å². The molecular weight excluding hydrogens is 296 g/mol. The fourth-order valence-corrected chi connectivity index (χ4v) is 3.15. The summed E-state index contributed by atoms with van der Waals surface area (Å²) in [7, 11) is 0. The quantitative estimate of drug-likeness (QED) is 0.676. The third-order valence-electron chi connectivity index (χ3n) is 4.71. The molecule has 0 heterocycles. The maximum Gasteiger partial charge on any atom is 0.123 e. The zero-order chi connectivity index (χ0) is 17.1. The van der Waals surface area contributed by atoms with Gasteiger partial charge in [0.05, 0.1) is 0 Å². The molecule has 0 saturated heterocycles. The Hall–Kier alpha value is -2.74. The first kappa shape index (κ1) is 16.1. The van der Waals surface area contributed by atoms with Gasteiger partial charge in [0.15, 0.2) is 0 Å². The predicted molar refractivity (Wildman–Crippen MR) is 97.7 cm³/mol. The lowest BCUT2D eigenvalue weighted by Crippen LogP contribution is -2.01. The maximum absolute atomic E-state index is 10.3. The Morgan fingerprint density at radius 3 is 1.33 bits per heavy atom. The Balaban J connectivity index is 2.03. The molecule has 3 aromatic carbocycles. The van der Waals surface area contributed by atoms with Crippen LogP contribution >= 0.6 is 0 Å². The Kier molecular flexibility index (Phi) is 4.57. The fraction of sp³-hybridized carbons (Fsp3) is 0.182. The van der Waals surface area contributed by atoms with Crippen LogP contribution in [0.2, 0.25) is 0 Å². The minimum atomic E-state index is 0.0496. The van der Waals surface area contributed by atoms with Gasteiger partial charge in [0.2, 0.25) is 0 Å². The lowest BCUT2D eigenvalue weighted by molar-refractivity contribution is 0.439. The molecule has 0 amide bonds. The van der Waals surface area contributed by atoms with Crippen LogP contribution in [0.1, 0.15) is 47.9 Å². The van der Waals surface area contributed by atoms with Crippen molar-refractivity contribution in [1.82, 2.24) is 0 Å². The van der Waals surface area contributed by atoms with Crippen LogP contribution in [0.25, 0.3) is 0 Å². The third kappa shape index (κ3) is 3.13. The standard InChI is InChI=1S/C22H22O2/c1-15(17-9-5-3-6-10-17)19-13-20(22(24)14-21(19)23)16(2)18-11-7-4-8-12-18/h3-16,23-24H,1-2H3. The molecule has 0 fully saturated rings. The molecule has 2 atom stereocenters. The summed E-state index contributed by atoms with van der Waals surface area (Å²) in [6, 6.07) is 23.6. The summed E-state index contributed by atoms with van der Waals surface area (Å²) in [6.45, 7) is 4.14. The molecule has 2 heteroatoms. The molecule has 24 heavy (non-hydrogen) atoms. The highest BCUT2D eigenvalue weighted by Crippen LogP contribution is 2.39. The Labute approximate surface area is 143 Å². The van der Waals surface area contributed by atoms with Crippen molar-refractivity contribution in [3.8, 4) is 11.5 Å². The number of aromatic hydroxyl groups is 2. The van der Waals surface area contributed by atoms with Crippen LogP contribution in [0.5, 0.6) is 11.5 Å². The van der Waals surface area contributed by atoms with Crippen molar-refractivity contribution in [2.75, 3.05) is 0 Å². The number of hydrogen-bond donors (Lipinski definition) is 2. The number of benzene rings is 3. The van der Waals surface area contributed by atoms with Crippen LogP contribution in [0.15, 0.2) is 72.8 Å². The van der Waals surface area contributed by atoms with Gasteiger partial charge in [0.25, 0.3) is 0 Å². The van der Waals surface area contributed by atoms with Gasteiger partial charge in [-0.05, 0) is 17.2 Å². The molecule has 0 radical (unpaired) electrons. The second kappa shape index (κ2) is 6.79. The summed E-state index contributed by atoms with van der Waals surface area (Å²) in [6.07, 6.45) is 0. The molecule has 0 spiro atoms. The first-order valence-corrected chi connectivity index (χ1v) is 8.23. The van der Waals surface area contributed by atoms with E-state index in [1.807, 2.05) is 42.5 Å². The van der Waals surface area contributed by atoms with E-state index in [1.165, 1.54) is 6.07 Å². The van der Waals surface area contributed by atoms with E-state index in [9.17, 15) is 10.2 Å². The summed E-state index contributed by atoms with van der Waals surface area (Å²) in [5, 5.41) is 20.7. The van der Waals surface area contributed by atoms with Crippen molar-refractivity contribution >= 4 is 0 Å². The molecule has 0 aromatic heterocycles. The van der Waals surface area contributed by atoms with Gasteiger partial charge in [-0.15, -0.1) is 0 Å². The van der Waals surface area contributed by atoms with Crippen LogP contribution in [0, 0.1) is 0 Å². The first-order chi connectivity index (χ1) is 11.6. The van der Waals surface area contributed by atoms with Crippen LogP contribution in [0.3, 0.4) is 0 Å².